The van der Waals surface area contributed by atoms with Gasteiger partial charge in [-0.2, -0.15) is 0 Å². The van der Waals surface area contributed by atoms with Gasteiger partial charge in [-0.1, -0.05) is 6.58 Å². The minimum Gasteiger partial charge on any atom is -0.314 e. The van der Waals surface area contributed by atoms with Gasteiger partial charge in [0, 0.05) is 25.8 Å². The van der Waals surface area contributed by atoms with Crippen molar-refractivity contribution in [2.75, 3.05) is 20.1 Å². The van der Waals surface area contributed by atoms with Crippen LogP contribution >= 0.6 is 0 Å². The van der Waals surface area contributed by atoms with Crippen molar-refractivity contribution in [1.29, 1.82) is 0 Å². The molecule has 0 bridgehead atoms. The second-order valence-corrected chi connectivity index (χ2v) is 3.47. The lowest BCUT2D eigenvalue weighted by Crippen LogP contribution is -2.44. The third kappa shape index (κ3) is 1.73. The maximum absolute atomic E-state index is 4.01. The molecule has 1 aliphatic heterocycles. The normalized spacial score (nSPS) is 25.0. The Morgan fingerprint density at radius 2 is 2.09 bits per heavy atom. The van der Waals surface area contributed by atoms with Crippen molar-refractivity contribution < 1.29 is 0 Å². The van der Waals surface area contributed by atoms with Crippen LogP contribution in [0.5, 0.6) is 0 Å². The second-order valence-electron chi connectivity index (χ2n) is 3.47. The summed E-state index contributed by atoms with van der Waals surface area (Å²) in [6.07, 6.45) is 0. The Hall–Kier alpha value is -0.540. The van der Waals surface area contributed by atoms with Crippen LogP contribution in [-0.4, -0.2) is 30.7 Å². The van der Waals surface area contributed by atoms with Crippen LogP contribution in [0.15, 0.2) is 12.3 Å². The van der Waals surface area contributed by atoms with Crippen molar-refractivity contribution in [3.8, 4) is 0 Å². The number of hydrazine groups is 1. The standard InChI is InChI=1S/C8H17N3/c1-7-8(2,3)9-5-6-10-11(7)4/h9-10H,1,5-6H2,2-4H3. The van der Waals surface area contributed by atoms with Gasteiger partial charge in [0.25, 0.3) is 0 Å². The maximum Gasteiger partial charge on any atom is 0.0536 e. The molecule has 0 aromatic heterocycles. The molecule has 0 radical (unpaired) electrons. The summed E-state index contributed by atoms with van der Waals surface area (Å²) < 4.78 is 0. The highest BCUT2D eigenvalue weighted by atomic mass is 15.5. The molecule has 64 valence electrons. The van der Waals surface area contributed by atoms with Crippen molar-refractivity contribution in [2.45, 2.75) is 19.4 Å². The molecule has 0 amide bonds. The lowest BCUT2D eigenvalue weighted by Gasteiger charge is -2.31. The van der Waals surface area contributed by atoms with E-state index < -0.39 is 0 Å². The summed E-state index contributed by atoms with van der Waals surface area (Å²) in [4.78, 5) is 0. The van der Waals surface area contributed by atoms with Gasteiger partial charge in [-0.15, -0.1) is 0 Å². The number of hydrogen-bond acceptors (Lipinski definition) is 3. The zero-order chi connectivity index (χ0) is 8.48. The molecule has 1 rings (SSSR count). The first-order valence-corrected chi connectivity index (χ1v) is 3.96. The monoisotopic (exact) mass is 155 g/mol. The quantitative estimate of drug-likeness (QED) is 0.527. The highest BCUT2D eigenvalue weighted by Gasteiger charge is 2.25. The van der Waals surface area contributed by atoms with Crippen LogP contribution in [-0.2, 0) is 0 Å². The Bertz CT molecular complexity index is 163. The van der Waals surface area contributed by atoms with E-state index in [0.29, 0.717) is 0 Å². The van der Waals surface area contributed by atoms with Crippen molar-refractivity contribution >= 4 is 0 Å². The van der Waals surface area contributed by atoms with E-state index in [2.05, 4.69) is 31.2 Å². The fraction of sp³-hybridized carbons (Fsp3) is 0.750. The topological polar surface area (TPSA) is 27.3 Å². The fourth-order valence-electron chi connectivity index (χ4n) is 1.22. The number of likely N-dealkylation sites (N-methyl/N-ethyl adjacent to an activating group) is 1. The van der Waals surface area contributed by atoms with Gasteiger partial charge in [0.05, 0.1) is 5.54 Å². The Morgan fingerprint density at radius 1 is 1.45 bits per heavy atom. The van der Waals surface area contributed by atoms with E-state index in [-0.39, 0.29) is 5.54 Å². The largest absolute Gasteiger partial charge is 0.314 e. The molecule has 0 aromatic carbocycles. The first-order valence-electron chi connectivity index (χ1n) is 3.96. The molecule has 0 spiro atoms. The van der Waals surface area contributed by atoms with Crippen LogP contribution in [0.4, 0.5) is 0 Å². The van der Waals surface area contributed by atoms with E-state index in [0.717, 1.165) is 18.8 Å². The number of hydrogen-bond donors (Lipinski definition) is 2. The van der Waals surface area contributed by atoms with Gasteiger partial charge < -0.3 is 10.3 Å². The zero-order valence-electron chi connectivity index (χ0n) is 7.57. The van der Waals surface area contributed by atoms with E-state index in [1.807, 2.05) is 12.1 Å². The lowest BCUT2D eigenvalue weighted by molar-refractivity contribution is 0.284. The van der Waals surface area contributed by atoms with Crippen molar-refractivity contribution in [1.82, 2.24) is 15.8 Å². The molecule has 1 heterocycles. The summed E-state index contributed by atoms with van der Waals surface area (Å²) >= 11 is 0. The fourth-order valence-corrected chi connectivity index (χ4v) is 1.22. The second kappa shape index (κ2) is 2.83. The molecule has 0 aromatic rings. The molecule has 0 unspecified atom stereocenters. The molecule has 3 heteroatoms. The summed E-state index contributed by atoms with van der Waals surface area (Å²) in [7, 11) is 2.00. The van der Waals surface area contributed by atoms with Gasteiger partial charge >= 0.3 is 0 Å². The molecule has 11 heavy (non-hydrogen) atoms. The third-order valence-electron chi connectivity index (χ3n) is 2.17. The van der Waals surface area contributed by atoms with Gasteiger partial charge in [-0.3, -0.25) is 0 Å². The van der Waals surface area contributed by atoms with Crippen molar-refractivity contribution in [3.63, 3.8) is 0 Å². The van der Waals surface area contributed by atoms with Gasteiger partial charge in [-0.25, -0.2) is 5.43 Å². The van der Waals surface area contributed by atoms with Crippen LogP contribution in [0.2, 0.25) is 0 Å². The van der Waals surface area contributed by atoms with Crippen LogP contribution in [0.25, 0.3) is 0 Å². The molecule has 0 saturated carbocycles. The molecular formula is C8H17N3. The first kappa shape index (κ1) is 8.56. The predicted octanol–water partition coefficient (Wildman–Crippen LogP) is 0.318. The third-order valence-corrected chi connectivity index (χ3v) is 2.17. The van der Waals surface area contributed by atoms with Crippen molar-refractivity contribution in [3.05, 3.63) is 12.3 Å². The van der Waals surface area contributed by atoms with Gasteiger partial charge in [0.15, 0.2) is 0 Å². The number of nitrogens with one attached hydrogen (secondary N) is 2. The highest BCUT2D eigenvalue weighted by molar-refractivity contribution is 5.11. The van der Waals surface area contributed by atoms with Crippen LogP contribution in [0, 0.1) is 0 Å². The van der Waals surface area contributed by atoms with E-state index in [4.69, 9.17) is 0 Å². The minimum atomic E-state index is 0.0122. The number of nitrogens with zero attached hydrogens (tertiary/aromatic N) is 1. The molecular weight excluding hydrogens is 138 g/mol. The van der Waals surface area contributed by atoms with Crippen molar-refractivity contribution in [2.24, 2.45) is 0 Å². The van der Waals surface area contributed by atoms with E-state index in [1.165, 1.54) is 0 Å². The van der Waals surface area contributed by atoms with E-state index in [9.17, 15) is 0 Å². The summed E-state index contributed by atoms with van der Waals surface area (Å²) in [6, 6.07) is 0. The predicted molar refractivity (Wildman–Crippen MR) is 47.0 cm³/mol. The van der Waals surface area contributed by atoms with Gasteiger partial charge in [0.2, 0.25) is 0 Å². The molecule has 3 nitrogen and oxygen atoms in total. The Kier molecular flexibility index (Phi) is 2.20. The Labute approximate surface area is 68.4 Å². The Morgan fingerprint density at radius 3 is 2.73 bits per heavy atom. The van der Waals surface area contributed by atoms with Crippen LogP contribution in [0.3, 0.4) is 0 Å². The van der Waals surface area contributed by atoms with Gasteiger partial charge in [-0.05, 0) is 13.8 Å². The molecule has 0 atom stereocenters. The average Bonchev–Trinajstić information content (AvgIpc) is 2.03. The van der Waals surface area contributed by atoms with E-state index >= 15 is 0 Å². The molecule has 2 N–H and O–H groups in total. The Balaban J connectivity index is 2.73. The molecule has 1 aliphatic rings. The number of rotatable bonds is 0. The maximum atomic E-state index is 4.01. The SMILES string of the molecule is C=C1N(C)NCCNC1(C)C. The highest BCUT2D eigenvalue weighted by Crippen LogP contribution is 2.16. The summed E-state index contributed by atoms with van der Waals surface area (Å²) in [6.45, 7) is 10.2. The molecule has 1 saturated heterocycles. The van der Waals surface area contributed by atoms with Gasteiger partial charge in [0.1, 0.15) is 0 Å². The summed E-state index contributed by atoms with van der Waals surface area (Å²) in [5.41, 5.74) is 4.31. The molecule has 1 fully saturated rings. The summed E-state index contributed by atoms with van der Waals surface area (Å²) in [5.74, 6) is 0. The minimum absolute atomic E-state index is 0.0122. The summed E-state index contributed by atoms with van der Waals surface area (Å²) in [5, 5.41) is 5.38. The average molecular weight is 155 g/mol. The zero-order valence-corrected chi connectivity index (χ0v) is 7.57. The van der Waals surface area contributed by atoms with Crippen LogP contribution in [0.1, 0.15) is 13.8 Å². The lowest BCUT2D eigenvalue weighted by atomic mass is 10.0. The molecule has 0 aliphatic carbocycles. The first-order chi connectivity index (χ1) is 5.04. The van der Waals surface area contributed by atoms with E-state index in [1.54, 1.807) is 0 Å². The smallest absolute Gasteiger partial charge is 0.0536 e. The van der Waals surface area contributed by atoms with Crippen LogP contribution < -0.4 is 10.7 Å².